The molecule has 0 saturated heterocycles. The van der Waals surface area contributed by atoms with Gasteiger partial charge in [0.15, 0.2) is 0 Å². The first-order chi connectivity index (χ1) is 5.36. The average molecular weight is 144 g/mol. The minimum absolute atomic E-state index is 0.635. The molecule has 1 atom stereocenters. The van der Waals surface area contributed by atoms with Crippen LogP contribution in [0.25, 0.3) is 0 Å². The third kappa shape index (κ3) is 1.21. The molecule has 0 nitrogen and oxygen atoms in total. The van der Waals surface area contributed by atoms with Crippen molar-refractivity contribution >= 4 is 0 Å². The Labute approximate surface area is 67.6 Å². The third-order valence-corrected chi connectivity index (χ3v) is 2.14. The molecule has 2 rings (SSSR count). The Hall–Kier alpha value is -1.04. The average Bonchev–Trinajstić information content (AvgIpc) is 2.17. The predicted octanol–water partition coefficient (Wildman–Crippen LogP) is 3.01. The summed E-state index contributed by atoms with van der Waals surface area (Å²) in [5.74, 6) is 0.635. The van der Waals surface area contributed by atoms with E-state index < -0.39 is 0 Å². The molecule has 2 aliphatic rings. The van der Waals surface area contributed by atoms with Gasteiger partial charge < -0.3 is 0 Å². The first-order valence-electron chi connectivity index (χ1n) is 4.12. The maximum Gasteiger partial charge on any atom is -0.00666 e. The summed E-state index contributed by atoms with van der Waals surface area (Å²) in [4.78, 5) is 0. The lowest BCUT2D eigenvalue weighted by Crippen LogP contribution is -1.77. The molecule has 56 valence electrons. The van der Waals surface area contributed by atoms with Gasteiger partial charge >= 0.3 is 0 Å². The molecule has 0 heterocycles. The van der Waals surface area contributed by atoms with Crippen LogP contribution in [-0.4, -0.2) is 0 Å². The summed E-state index contributed by atoms with van der Waals surface area (Å²) in [6.07, 6.45) is 14.4. The second-order valence-corrected chi connectivity index (χ2v) is 3.16. The lowest BCUT2D eigenvalue weighted by atomic mass is 10.1. The highest BCUT2D eigenvalue weighted by Crippen LogP contribution is 2.28. The van der Waals surface area contributed by atoms with Gasteiger partial charge in [0.1, 0.15) is 0 Å². The number of rotatable bonds is 0. The fourth-order valence-electron chi connectivity index (χ4n) is 1.63. The van der Waals surface area contributed by atoms with Gasteiger partial charge in [0.25, 0.3) is 0 Å². The summed E-state index contributed by atoms with van der Waals surface area (Å²) in [7, 11) is 0. The van der Waals surface area contributed by atoms with E-state index in [1.807, 2.05) is 0 Å². The normalized spacial score (nSPS) is 27.5. The zero-order valence-corrected chi connectivity index (χ0v) is 6.75. The van der Waals surface area contributed by atoms with E-state index in [4.69, 9.17) is 0 Å². The molecule has 0 heteroatoms. The van der Waals surface area contributed by atoms with Crippen LogP contribution in [0.5, 0.6) is 0 Å². The standard InChI is InChI=1S/C11H12/c1-9-7-10-5-3-2-4-6-11(10)8-9/h2-5,7-9H,6H2,1H3. The quantitative estimate of drug-likeness (QED) is 0.490. The maximum atomic E-state index is 2.34. The van der Waals surface area contributed by atoms with Gasteiger partial charge in [-0.3, -0.25) is 0 Å². The van der Waals surface area contributed by atoms with Crippen molar-refractivity contribution in [3.05, 3.63) is 47.6 Å². The van der Waals surface area contributed by atoms with Crippen LogP contribution in [-0.2, 0) is 0 Å². The number of allylic oxidation sites excluding steroid dienone is 8. The van der Waals surface area contributed by atoms with Crippen LogP contribution in [0.4, 0.5) is 0 Å². The van der Waals surface area contributed by atoms with Gasteiger partial charge in [-0.05, 0) is 23.5 Å². The summed E-state index contributed by atoms with van der Waals surface area (Å²) in [5, 5.41) is 0. The van der Waals surface area contributed by atoms with Crippen LogP contribution in [0.3, 0.4) is 0 Å². The largest absolute Gasteiger partial charge is 0.0801 e. The van der Waals surface area contributed by atoms with E-state index in [0.717, 1.165) is 6.42 Å². The van der Waals surface area contributed by atoms with Crippen molar-refractivity contribution in [3.63, 3.8) is 0 Å². The molecular formula is C11H12. The Balaban J connectivity index is 2.36. The van der Waals surface area contributed by atoms with Gasteiger partial charge in [0.2, 0.25) is 0 Å². The Bertz CT molecular complexity index is 274. The summed E-state index contributed by atoms with van der Waals surface area (Å²) < 4.78 is 0. The monoisotopic (exact) mass is 144 g/mol. The summed E-state index contributed by atoms with van der Waals surface area (Å²) in [6, 6.07) is 0. The van der Waals surface area contributed by atoms with E-state index in [-0.39, 0.29) is 0 Å². The molecule has 0 aromatic rings. The van der Waals surface area contributed by atoms with Crippen LogP contribution in [0, 0.1) is 5.92 Å². The lowest BCUT2D eigenvalue weighted by molar-refractivity contribution is 0.951. The number of fused-ring (bicyclic) bond motifs is 1. The molecule has 0 amide bonds. The zero-order valence-electron chi connectivity index (χ0n) is 6.75. The second-order valence-electron chi connectivity index (χ2n) is 3.16. The van der Waals surface area contributed by atoms with Gasteiger partial charge in [-0.2, -0.15) is 0 Å². The molecule has 0 bridgehead atoms. The molecule has 0 saturated carbocycles. The van der Waals surface area contributed by atoms with E-state index >= 15 is 0 Å². The van der Waals surface area contributed by atoms with Gasteiger partial charge in [-0.1, -0.05) is 43.4 Å². The minimum Gasteiger partial charge on any atom is -0.0801 e. The van der Waals surface area contributed by atoms with Crippen LogP contribution in [0.15, 0.2) is 47.6 Å². The fourth-order valence-corrected chi connectivity index (χ4v) is 1.63. The molecule has 0 fully saturated rings. The van der Waals surface area contributed by atoms with Crippen molar-refractivity contribution in [2.45, 2.75) is 13.3 Å². The maximum absolute atomic E-state index is 2.34. The van der Waals surface area contributed by atoms with Gasteiger partial charge in [0.05, 0.1) is 0 Å². The molecule has 0 aromatic carbocycles. The highest BCUT2D eigenvalue weighted by atomic mass is 14.2. The number of hydrogen-bond acceptors (Lipinski definition) is 0. The molecule has 0 radical (unpaired) electrons. The SMILES string of the molecule is CC1C=C2C=CC=CCC2=C1. The second kappa shape index (κ2) is 2.54. The van der Waals surface area contributed by atoms with Gasteiger partial charge in [-0.25, -0.2) is 0 Å². The summed E-state index contributed by atoms with van der Waals surface area (Å²) in [6.45, 7) is 2.23. The van der Waals surface area contributed by atoms with Crippen LogP contribution < -0.4 is 0 Å². The van der Waals surface area contributed by atoms with Crippen molar-refractivity contribution in [1.82, 2.24) is 0 Å². The van der Waals surface area contributed by atoms with E-state index in [9.17, 15) is 0 Å². The first kappa shape index (κ1) is 6.66. The van der Waals surface area contributed by atoms with Gasteiger partial charge in [-0.15, -0.1) is 0 Å². The topological polar surface area (TPSA) is 0 Å². The van der Waals surface area contributed by atoms with Crippen LogP contribution in [0.1, 0.15) is 13.3 Å². The summed E-state index contributed by atoms with van der Waals surface area (Å²) >= 11 is 0. The molecule has 1 unspecified atom stereocenters. The molecule has 0 N–H and O–H groups in total. The van der Waals surface area contributed by atoms with Crippen molar-refractivity contribution in [3.8, 4) is 0 Å². The Kier molecular flexibility index (Phi) is 1.54. The van der Waals surface area contributed by atoms with Crippen molar-refractivity contribution in [1.29, 1.82) is 0 Å². The highest BCUT2D eigenvalue weighted by molar-refractivity contribution is 5.48. The minimum atomic E-state index is 0.635. The predicted molar refractivity (Wildman–Crippen MR) is 48.2 cm³/mol. The van der Waals surface area contributed by atoms with Crippen LogP contribution in [0.2, 0.25) is 0 Å². The van der Waals surface area contributed by atoms with Gasteiger partial charge in [0, 0.05) is 0 Å². The third-order valence-electron chi connectivity index (χ3n) is 2.14. The van der Waals surface area contributed by atoms with Crippen molar-refractivity contribution < 1.29 is 0 Å². The number of hydrogen-bond donors (Lipinski definition) is 0. The fraction of sp³-hybridized carbons (Fsp3) is 0.273. The van der Waals surface area contributed by atoms with Crippen molar-refractivity contribution in [2.75, 3.05) is 0 Å². The molecule has 0 aliphatic heterocycles. The van der Waals surface area contributed by atoms with E-state index in [0.29, 0.717) is 5.92 Å². The molecule has 0 aromatic heterocycles. The Morgan fingerprint density at radius 3 is 3.09 bits per heavy atom. The van der Waals surface area contributed by atoms with E-state index in [2.05, 4.69) is 43.4 Å². The highest BCUT2D eigenvalue weighted by Gasteiger charge is 2.11. The summed E-state index contributed by atoms with van der Waals surface area (Å²) in [5.41, 5.74) is 2.91. The first-order valence-corrected chi connectivity index (χ1v) is 4.12. The molecule has 2 aliphatic carbocycles. The lowest BCUT2D eigenvalue weighted by Gasteiger charge is -1.96. The smallest absolute Gasteiger partial charge is 0.00666 e. The van der Waals surface area contributed by atoms with E-state index in [1.54, 1.807) is 0 Å². The Morgan fingerprint density at radius 1 is 1.27 bits per heavy atom. The molecule has 0 spiro atoms. The zero-order chi connectivity index (χ0) is 7.68. The molecule has 11 heavy (non-hydrogen) atoms. The Morgan fingerprint density at radius 2 is 2.18 bits per heavy atom. The van der Waals surface area contributed by atoms with Crippen LogP contribution >= 0.6 is 0 Å². The van der Waals surface area contributed by atoms with E-state index in [1.165, 1.54) is 11.1 Å². The molecular weight excluding hydrogens is 132 g/mol. The van der Waals surface area contributed by atoms with Crippen molar-refractivity contribution in [2.24, 2.45) is 5.92 Å².